The number of nitrogens with one attached hydrogen (secondary N) is 1. The van der Waals surface area contributed by atoms with E-state index in [1.54, 1.807) is 4.68 Å². The van der Waals surface area contributed by atoms with Crippen LogP contribution in [0.4, 0.5) is 5.82 Å². The Balaban J connectivity index is 3.17. The monoisotopic (exact) mass is 154 g/mol. The van der Waals surface area contributed by atoms with E-state index in [2.05, 4.69) is 10.4 Å². The fraction of sp³-hybridized carbons (Fsp3) is 0.571. The Morgan fingerprint density at radius 3 is 2.64 bits per heavy atom. The zero-order chi connectivity index (χ0) is 8.43. The summed E-state index contributed by atoms with van der Waals surface area (Å²) < 4.78 is 1.80. The molecule has 0 unspecified atom stereocenters. The van der Waals surface area contributed by atoms with Gasteiger partial charge in [-0.1, -0.05) is 0 Å². The lowest BCUT2D eigenvalue weighted by Crippen LogP contribution is -2.03. The summed E-state index contributed by atoms with van der Waals surface area (Å²) in [5, 5.41) is 7.28. The molecule has 0 saturated heterocycles. The molecular weight excluding hydrogens is 140 g/mol. The molecule has 62 valence electrons. The van der Waals surface area contributed by atoms with Crippen molar-refractivity contribution in [3.05, 3.63) is 11.3 Å². The van der Waals surface area contributed by atoms with Crippen LogP contribution in [0.1, 0.15) is 11.3 Å². The van der Waals surface area contributed by atoms with Gasteiger partial charge < -0.3 is 11.1 Å². The highest BCUT2D eigenvalue weighted by Crippen LogP contribution is 2.16. The van der Waals surface area contributed by atoms with Gasteiger partial charge in [0, 0.05) is 26.2 Å². The van der Waals surface area contributed by atoms with E-state index < -0.39 is 0 Å². The van der Waals surface area contributed by atoms with Gasteiger partial charge in [0.2, 0.25) is 0 Å². The van der Waals surface area contributed by atoms with Crippen molar-refractivity contribution in [3.63, 3.8) is 0 Å². The third-order valence-corrected chi connectivity index (χ3v) is 1.79. The lowest BCUT2D eigenvalue weighted by atomic mass is 10.2. The second-order valence-corrected chi connectivity index (χ2v) is 2.49. The molecule has 0 aliphatic rings. The first-order chi connectivity index (χ1) is 5.20. The molecule has 4 heteroatoms. The molecule has 0 radical (unpaired) electrons. The molecule has 1 heterocycles. The number of hydrogen-bond donors (Lipinski definition) is 2. The Kier molecular flexibility index (Phi) is 2.14. The zero-order valence-corrected chi connectivity index (χ0v) is 7.18. The smallest absolute Gasteiger partial charge is 0.128 e. The second-order valence-electron chi connectivity index (χ2n) is 2.49. The minimum Gasteiger partial charge on any atom is -0.373 e. The van der Waals surface area contributed by atoms with Gasteiger partial charge in [0.05, 0.1) is 5.69 Å². The van der Waals surface area contributed by atoms with Crippen molar-refractivity contribution in [1.82, 2.24) is 9.78 Å². The fourth-order valence-electron chi connectivity index (χ4n) is 1.26. The highest BCUT2D eigenvalue weighted by molar-refractivity contribution is 5.46. The largest absolute Gasteiger partial charge is 0.373 e. The Morgan fingerprint density at radius 1 is 1.64 bits per heavy atom. The number of nitrogens with two attached hydrogens (primary N) is 1. The van der Waals surface area contributed by atoms with Crippen molar-refractivity contribution >= 4 is 5.82 Å². The van der Waals surface area contributed by atoms with Crippen LogP contribution >= 0.6 is 0 Å². The van der Waals surface area contributed by atoms with Crippen LogP contribution in [0.5, 0.6) is 0 Å². The minimum atomic E-state index is 0.538. The molecule has 0 saturated carbocycles. The van der Waals surface area contributed by atoms with Gasteiger partial charge >= 0.3 is 0 Å². The molecule has 0 fully saturated rings. The van der Waals surface area contributed by atoms with Crippen LogP contribution in [0, 0.1) is 6.92 Å². The van der Waals surface area contributed by atoms with Crippen LogP contribution in [-0.4, -0.2) is 16.8 Å². The minimum absolute atomic E-state index is 0.538. The lowest BCUT2D eigenvalue weighted by Gasteiger charge is -2.01. The van der Waals surface area contributed by atoms with Crippen LogP contribution in [0.25, 0.3) is 0 Å². The van der Waals surface area contributed by atoms with E-state index in [0.717, 1.165) is 17.1 Å². The Labute approximate surface area is 66.4 Å². The highest BCUT2D eigenvalue weighted by Gasteiger charge is 2.08. The van der Waals surface area contributed by atoms with Crippen LogP contribution in [0.2, 0.25) is 0 Å². The summed E-state index contributed by atoms with van der Waals surface area (Å²) in [6.07, 6.45) is 0. The number of rotatable bonds is 2. The third-order valence-electron chi connectivity index (χ3n) is 1.79. The van der Waals surface area contributed by atoms with Gasteiger partial charge in [-0.2, -0.15) is 5.10 Å². The number of anilines is 1. The molecule has 0 aliphatic carbocycles. The first kappa shape index (κ1) is 8.07. The van der Waals surface area contributed by atoms with E-state index >= 15 is 0 Å². The van der Waals surface area contributed by atoms with Crippen LogP contribution in [0.15, 0.2) is 0 Å². The maximum absolute atomic E-state index is 5.55. The van der Waals surface area contributed by atoms with Gasteiger partial charge in [-0.15, -0.1) is 0 Å². The van der Waals surface area contributed by atoms with Crippen molar-refractivity contribution in [2.24, 2.45) is 12.8 Å². The average molecular weight is 154 g/mol. The fourth-order valence-corrected chi connectivity index (χ4v) is 1.26. The first-order valence-electron chi connectivity index (χ1n) is 3.61. The maximum Gasteiger partial charge on any atom is 0.128 e. The quantitative estimate of drug-likeness (QED) is 0.641. The maximum atomic E-state index is 5.55. The SMILES string of the molecule is CNc1c(CN)c(C)nn1C. The van der Waals surface area contributed by atoms with Crippen molar-refractivity contribution in [2.75, 3.05) is 12.4 Å². The van der Waals surface area contributed by atoms with Gasteiger partial charge in [0.15, 0.2) is 0 Å². The van der Waals surface area contributed by atoms with Gasteiger partial charge in [0.1, 0.15) is 5.82 Å². The van der Waals surface area contributed by atoms with E-state index in [9.17, 15) is 0 Å². The predicted octanol–water partition coefficient (Wildman–Crippen LogP) is 0.229. The van der Waals surface area contributed by atoms with E-state index in [4.69, 9.17) is 5.73 Å². The molecule has 0 spiro atoms. The van der Waals surface area contributed by atoms with Crippen molar-refractivity contribution in [2.45, 2.75) is 13.5 Å². The van der Waals surface area contributed by atoms with E-state index in [-0.39, 0.29) is 0 Å². The first-order valence-corrected chi connectivity index (χ1v) is 3.61. The topological polar surface area (TPSA) is 55.9 Å². The zero-order valence-electron chi connectivity index (χ0n) is 7.18. The number of aryl methyl sites for hydroxylation is 2. The molecule has 11 heavy (non-hydrogen) atoms. The molecule has 0 aromatic carbocycles. The Hall–Kier alpha value is -1.03. The Bertz CT molecular complexity index is 227. The van der Waals surface area contributed by atoms with Crippen molar-refractivity contribution in [1.29, 1.82) is 0 Å². The van der Waals surface area contributed by atoms with Gasteiger partial charge in [0.25, 0.3) is 0 Å². The molecule has 1 rings (SSSR count). The average Bonchev–Trinajstić information content (AvgIpc) is 2.24. The molecule has 1 aromatic heterocycles. The summed E-state index contributed by atoms with van der Waals surface area (Å²) >= 11 is 0. The van der Waals surface area contributed by atoms with Crippen LogP contribution in [-0.2, 0) is 13.6 Å². The molecule has 0 bridgehead atoms. The standard InChI is InChI=1S/C7H14N4/c1-5-6(4-8)7(9-2)11(3)10-5/h9H,4,8H2,1-3H3. The van der Waals surface area contributed by atoms with Crippen molar-refractivity contribution < 1.29 is 0 Å². The van der Waals surface area contributed by atoms with Crippen LogP contribution < -0.4 is 11.1 Å². The normalized spacial score (nSPS) is 10.2. The van der Waals surface area contributed by atoms with Crippen LogP contribution in [0.3, 0.4) is 0 Å². The summed E-state index contributed by atoms with van der Waals surface area (Å²) in [5.74, 6) is 1.00. The summed E-state index contributed by atoms with van der Waals surface area (Å²) in [6, 6.07) is 0. The third kappa shape index (κ3) is 1.21. The van der Waals surface area contributed by atoms with E-state index in [0.29, 0.717) is 6.54 Å². The molecule has 0 aliphatic heterocycles. The van der Waals surface area contributed by atoms with Gasteiger partial charge in [-0.3, -0.25) is 4.68 Å². The van der Waals surface area contributed by atoms with Gasteiger partial charge in [-0.05, 0) is 6.92 Å². The lowest BCUT2D eigenvalue weighted by molar-refractivity contribution is 0.763. The summed E-state index contributed by atoms with van der Waals surface area (Å²) in [5.41, 5.74) is 7.64. The number of nitrogens with zero attached hydrogens (tertiary/aromatic N) is 2. The van der Waals surface area contributed by atoms with E-state index in [1.165, 1.54) is 0 Å². The molecule has 4 nitrogen and oxygen atoms in total. The Morgan fingerprint density at radius 2 is 2.27 bits per heavy atom. The molecular formula is C7H14N4. The molecule has 1 aromatic rings. The van der Waals surface area contributed by atoms with Crippen molar-refractivity contribution in [3.8, 4) is 0 Å². The van der Waals surface area contributed by atoms with Gasteiger partial charge in [-0.25, -0.2) is 0 Å². The highest BCUT2D eigenvalue weighted by atomic mass is 15.3. The summed E-state index contributed by atoms with van der Waals surface area (Å²) in [6.45, 7) is 2.50. The summed E-state index contributed by atoms with van der Waals surface area (Å²) in [4.78, 5) is 0. The summed E-state index contributed by atoms with van der Waals surface area (Å²) in [7, 11) is 3.77. The molecule has 0 amide bonds. The predicted molar refractivity (Wildman–Crippen MR) is 45.4 cm³/mol. The molecule has 3 N–H and O–H groups in total. The molecule has 0 atom stereocenters. The van der Waals surface area contributed by atoms with E-state index in [1.807, 2.05) is 21.0 Å². The number of hydrogen-bond acceptors (Lipinski definition) is 3. The number of aromatic nitrogens is 2. The second kappa shape index (κ2) is 2.92.